The molecule has 0 saturated carbocycles. The predicted octanol–water partition coefficient (Wildman–Crippen LogP) is 5.67. The fourth-order valence-corrected chi connectivity index (χ4v) is 3.96. The van der Waals surface area contributed by atoms with Crippen LogP contribution in [0.1, 0.15) is 12.5 Å². The highest BCUT2D eigenvalue weighted by Crippen LogP contribution is 2.34. The maximum absolute atomic E-state index is 12.9. The van der Waals surface area contributed by atoms with Crippen LogP contribution in [-0.4, -0.2) is 25.8 Å². The molecule has 0 aliphatic carbocycles. The Balaban J connectivity index is 1.59. The largest absolute Gasteiger partial charge is 0.416 e. The number of para-hydroxylation sites is 1. The van der Waals surface area contributed by atoms with E-state index in [1.54, 1.807) is 6.92 Å². The Kier molecular flexibility index (Phi) is 5.33. The molecule has 5 nitrogen and oxygen atoms in total. The van der Waals surface area contributed by atoms with Crippen LogP contribution >= 0.6 is 23.4 Å². The number of alkyl halides is 3. The van der Waals surface area contributed by atoms with Crippen LogP contribution < -0.4 is 5.32 Å². The van der Waals surface area contributed by atoms with Crippen LogP contribution in [0.3, 0.4) is 0 Å². The Morgan fingerprint density at radius 2 is 1.90 bits per heavy atom. The number of benzene rings is 2. The van der Waals surface area contributed by atoms with Gasteiger partial charge in [0.05, 0.1) is 27.0 Å². The number of hydrogen-bond donors (Lipinski definition) is 1. The molecule has 1 amide bonds. The first-order valence-electron chi connectivity index (χ1n) is 8.81. The SMILES string of the molecule is C[C@@H](Sc1nnc2ccc3ccccc3n12)C(=O)Nc1cc(C(F)(F)F)ccc1Cl. The topological polar surface area (TPSA) is 59.3 Å². The van der Waals surface area contributed by atoms with Gasteiger partial charge in [-0.2, -0.15) is 13.2 Å². The van der Waals surface area contributed by atoms with E-state index in [4.69, 9.17) is 11.6 Å². The number of halogens is 4. The Labute approximate surface area is 178 Å². The van der Waals surface area contributed by atoms with Crippen LogP contribution in [0.2, 0.25) is 5.02 Å². The lowest BCUT2D eigenvalue weighted by Gasteiger charge is -2.14. The summed E-state index contributed by atoms with van der Waals surface area (Å²) in [7, 11) is 0. The minimum absolute atomic E-state index is 0.0208. The maximum Gasteiger partial charge on any atom is 0.416 e. The third-order valence-electron chi connectivity index (χ3n) is 4.45. The van der Waals surface area contributed by atoms with E-state index in [1.165, 1.54) is 0 Å². The number of nitrogens with one attached hydrogen (secondary N) is 1. The molecule has 1 atom stereocenters. The highest BCUT2D eigenvalue weighted by atomic mass is 35.5. The van der Waals surface area contributed by atoms with Gasteiger partial charge in [-0.1, -0.05) is 41.6 Å². The summed E-state index contributed by atoms with van der Waals surface area (Å²) in [6.45, 7) is 1.63. The molecule has 0 fully saturated rings. The number of amides is 1. The molecule has 0 aliphatic heterocycles. The van der Waals surface area contributed by atoms with Gasteiger partial charge in [-0.3, -0.25) is 9.20 Å². The zero-order chi connectivity index (χ0) is 21.5. The Morgan fingerprint density at radius 1 is 1.13 bits per heavy atom. The molecule has 2 heterocycles. The summed E-state index contributed by atoms with van der Waals surface area (Å²) >= 11 is 7.12. The van der Waals surface area contributed by atoms with Crippen molar-refractivity contribution in [3.8, 4) is 0 Å². The molecule has 0 aliphatic rings. The summed E-state index contributed by atoms with van der Waals surface area (Å²) in [5, 5.41) is 11.6. The fraction of sp³-hybridized carbons (Fsp3) is 0.150. The van der Waals surface area contributed by atoms with Crippen molar-refractivity contribution in [3.05, 3.63) is 65.2 Å². The van der Waals surface area contributed by atoms with E-state index in [0.717, 1.165) is 40.9 Å². The first-order chi connectivity index (χ1) is 14.2. The Bertz CT molecular complexity index is 1260. The van der Waals surface area contributed by atoms with Crippen molar-refractivity contribution in [1.29, 1.82) is 0 Å². The van der Waals surface area contributed by atoms with Crippen molar-refractivity contribution < 1.29 is 18.0 Å². The van der Waals surface area contributed by atoms with Crippen molar-refractivity contribution in [2.24, 2.45) is 0 Å². The second-order valence-electron chi connectivity index (χ2n) is 6.51. The third-order valence-corrected chi connectivity index (χ3v) is 5.82. The molecule has 154 valence electrons. The maximum atomic E-state index is 12.9. The summed E-state index contributed by atoms with van der Waals surface area (Å²) in [5.41, 5.74) is 0.527. The van der Waals surface area contributed by atoms with Gasteiger partial charge in [-0.05, 0) is 48.7 Å². The van der Waals surface area contributed by atoms with E-state index in [9.17, 15) is 18.0 Å². The Hall–Kier alpha value is -2.78. The zero-order valence-corrected chi connectivity index (χ0v) is 17.0. The van der Waals surface area contributed by atoms with Crippen molar-refractivity contribution >= 4 is 51.5 Å². The van der Waals surface area contributed by atoms with Crippen LogP contribution in [0.15, 0.2) is 59.8 Å². The lowest BCUT2D eigenvalue weighted by molar-refractivity contribution is -0.137. The molecule has 0 unspecified atom stereocenters. The van der Waals surface area contributed by atoms with E-state index < -0.39 is 22.9 Å². The normalized spacial score (nSPS) is 13.0. The van der Waals surface area contributed by atoms with E-state index >= 15 is 0 Å². The lowest BCUT2D eigenvalue weighted by atomic mass is 10.2. The summed E-state index contributed by atoms with van der Waals surface area (Å²) in [6.07, 6.45) is -4.54. The second kappa shape index (κ2) is 7.81. The van der Waals surface area contributed by atoms with Gasteiger partial charge in [0.1, 0.15) is 0 Å². The summed E-state index contributed by atoms with van der Waals surface area (Å²) in [5.74, 6) is -0.502. The monoisotopic (exact) mass is 450 g/mol. The number of thioether (sulfide) groups is 1. The smallest absolute Gasteiger partial charge is 0.324 e. The molecule has 30 heavy (non-hydrogen) atoms. The molecule has 0 radical (unpaired) electrons. The highest BCUT2D eigenvalue weighted by Gasteiger charge is 2.31. The van der Waals surface area contributed by atoms with Gasteiger partial charge in [-0.25, -0.2) is 0 Å². The molecular formula is C20H14ClF3N4OS. The zero-order valence-electron chi connectivity index (χ0n) is 15.4. The molecule has 2 aromatic heterocycles. The first-order valence-corrected chi connectivity index (χ1v) is 10.1. The summed E-state index contributed by atoms with van der Waals surface area (Å²) in [4.78, 5) is 12.6. The van der Waals surface area contributed by atoms with Gasteiger partial charge < -0.3 is 5.32 Å². The molecule has 0 spiro atoms. The number of hydrogen-bond acceptors (Lipinski definition) is 4. The summed E-state index contributed by atoms with van der Waals surface area (Å²) in [6, 6.07) is 14.2. The standard InChI is InChI=1S/C20H14ClF3N4OS/c1-11(18(29)25-15-10-13(20(22,23)24)7-8-14(15)21)30-19-27-26-17-9-6-12-4-2-3-5-16(12)28(17)19/h2-11H,1H3,(H,25,29)/t11-/m1/s1. The van der Waals surface area contributed by atoms with Crippen LogP contribution in [-0.2, 0) is 11.0 Å². The van der Waals surface area contributed by atoms with Crippen molar-refractivity contribution in [2.75, 3.05) is 5.32 Å². The average Bonchev–Trinajstić information content (AvgIpc) is 3.12. The summed E-state index contributed by atoms with van der Waals surface area (Å²) < 4.78 is 40.7. The third kappa shape index (κ3) is 3.95. The highest BCUT2D eigenvalue weighted by molar-refractivity contribution is 8.00. The number of carbonyl (C=O) groups is 1. The number of anilines is 1. The number of pyridine rings is 1. The van der Waals surface area contributed by atoms with Crippen LogP contribution in [0.5, 0.6) is 0 Å². The fourth-order valence-electron chi connectivity index (χ4n) is 2.93. The molecule has 2 aromatic carbocycles. The van der Waals surface area contributed by atoms with Crippen molar-refractivity contribution in [2.45, 2.75) is 23.5 Å². The number of nitrogens with zero attached hydrogens (tertiary/aromatic N) is 3. The second-order valence-corrected chi connectivity index (χ2v) is 8.23. The molecule has 4 rings (SSSR count). The van der Waals surface area contributed by atoms with Crippen LogP contribution in [0, 0.1) is 0 Å². The minimum atomic E-state index is -4.54. The van der Waals surface area contributed by atoms with E-state index in [2.05, 4.69) is 15.5 Å². The number of carbonyl (C=O) groups excluding carboxylic acids is 1. The number of fused-ring (bicyclic) bond motifs is 3. The van der Waals surface area contributed by atoms with Crippen molar-refractivity contribution in [3.63, 3.8) is 0 Å². The predicted molar refractivity (Wildman–Crippen MR) is 111 cm³/mol. The molecule has 10 heteroatoms. The minimum Gasteiger partial charge on any atom is -0.324 e. The van der Waals surface area contributed by atoms with E-state index in [-0.39, 0.29) is 10.7 Å². The lowest BCUT2D eigenvalue weighted by Crippen LogP contribution is -2.23. The van der Waals surface area contributed by atoms with Crippen molar-refractivity contribution in [1.82, 2.24) is 14.6 Å². The molecule has 4 aromatic rings. The van der Waals surface area contributed by atoms with E-state index in [1.807, 2.05) is 40.8 Å². The first kappa shape index (κ1) is 20.5. The van der Waals surface area contributed by atoms with Gasteiger partial charge in [0, 0.05) is 0 Å². The van der Waals surface area contributed by atoms with Gasteiger partial charge in [-0.15, -0.1) is 10.2 Å². The van der Waals surface area contributed by atoms with E-state index in [0.29, 0.717) is 10.8 Å². The number of aromatic nitrogens is 3. The number of rotatable bonds is 4. The molecule has 0 saturated heterocycles. The van der Waals surface area contributed by atoms with Gasteiger partial charge >= 0.3 is 6.18 Å². The van der Waals surface area contributed by atoms with Gasteiger partial charge in [0.25, 0.3) is 0 Å². The molecule has 0 bridgehead atoms. The molecule has 1 N–H and O–H groups in total. The average molecular weight is 451 g/mol. The van der Waals surface area contributed by atoms with Crippen LogP contribution in [0.25, 0.3) is 16.6 Å². The van der Waals surface area contributed by atoms with Gasteiger partial charge in [0.15, 0.2) is 10.8 Å². The van der Waals surface area contributed by atoms with Gasteiger partial charge in [0.2, 0.25) is 5.91 Å². The Morgan fingerprint density at radius 3 is 2.67 bits per heavy atom. The van der Waals surface area contributed by atoms with Crippen LogP contribution in [0.4, 0.5) is 18.9 Å². The quantitative estimate of drug-likeness (QED) is 0.407. The molecular weight excluding hydrogens is 437 g/mol.